The van der Waals surface area contributed by atoms with Crippen molar-refractivity contribution < 1.29 is 13.5 Å². The minimum atomic E-state index is -3.33. The number of rotatable bonds is 6. The van der Waals surface area contributed by atoms with Crippen LogP contribution in [0.25, 0.3) is 0 Å². The van der Waals surface area contributed by atoms with Crippen LogP contribution in [0.5, 0.6) is 0 Å². The topological polar surface area (TPSA) is 92.2 Å². The molecule has 1 rings (SSSR count). The molecular weight excluding hydrogens is 230 g/mol. The van der Waals surface area contributed by atoms with Gasteiger partial charge in [0.05, 0.1) is 29.9 Å². The molecule has 0 unspecified atom stereocenters. The Labute approximate surface area is 94.8 Å². The summed E-state index contributed by atoms with van der Waals surface area (Å²) in [4.78, 5) is 8.03. The largest absolute Gasteiger partial charge is 0.396 e. The first kappa shape index (κ1) is 13.0. The summed E-state index contributed by atoms with van der Waals surface area (Å²) < 4.78 is 25.1. The summed E-state index contributed by atoms with van der Waals surface area (Å²) in [6, 6.07) is 0. The molecule has 0 atom stereocenters. The van der Waals surface area contributed by atoms with Crippen molar-refractivity contribution in [2.24, 2.45) is 0 Å². The summed E-state index contributed by atoms with van der Waals surface area (Å²) in [6.07, 6.45) is 3.34. The van der Waals surface area contributed by atoms with Crippen LogP contribution in [0.1, 0.15) is 17.8 Å². The SMILES string of the molecule is Cc1cnc(CNS(=O)(=O)CCCO)cn1. The van der Waals surface area contributed by atoms with Crippen molar-refractivity contribution in [3.63, 3.8) is 0 Å². The molecule has 0 saturated carbocycles. The summed E-state index contributed by atoms with van der Waals surface area (Å²) >= 11 is 0. The van der Waals surface area contributed by atoms with Crippen LogP contribution in [-0.2, 0) is 16.6 Å². The van der Waals surface area contributed by atoms with Crippen LogP contribution in [0.3, 0.4) is 0 Å². The first-order valence-corrected chi connectivity index (χ1v) is 6.54. The molecule has 0 bridgehead atoms. The van der Waals surface area contributed by atoms with Crippen molar-refractivity contribution in [3.05, 3.63) is 23.8 Å². The third kappa shape index (κ3) is 4.65. The van der Waals surface area contributed by atoms with Crippen molar-refractivity contribution >= 4 is 10.0 Å². The van der Waals surface area contributed by atoms with Gasteiger partial charge in [0.1, 0.15) is 0 Å². The number of sulfonamides is 1. The third-order valence-corrected chi connectivity index (χ3v) is 3.29. The van der Waals surface area contributed by atoms with E-state index < -0.39 is 10.0 Å². The summed E-state index contributed by atoms with van der Waals surface area (Å²) in [6.45, 7) is 1.80. The van der Waals surface area contributed by atoms with Gasteiger partial charge in [-0.2, -0.15) is 0 Å². The number of nitrogens with one attached hydrogen (secondary N) is 1. The Balaban J connectivity index is 2.48. The zero-order valence-electron chi connectivity index (χ0n) is 9.05. The van der Waals surface area contributed by atoms with Gasteiger partial charge >= 0.3 is 0 Å². The van der Waals surface area contributed by atoms with Gasteiger partial charge in [-0.25, -0.2) is 13.1 Å². The number of nitrogens with zero attached hydrogens (tertiary/aromatic N) is 2. The lowest BCUT2D eigenvalue weighted by Gasteiger charge is -2.05. The summed E-state index contributed by atoms with van der Waals surface area (Å²) in [7, 11) is -3.33. The van der Waals surface area contributed by atoms with E-state index in [9.17, 15) is 8.42 Å². The average molecular weight is 245 g/mol. The molecule has 16 heavy (non-hydrogen) atoms. The molecule has 0 saturated heterocycles. The molecule has 0 aliphatic rings. The van der Waals surface area contributed by atoms with Crippen molar-refractivity contribution in [2.75, 3.05) is 12.4 Å². The van der Waals surface area contributed by atoms with Crippen molar-refractivity contribution in [1.82, 2.24) is 14.7 Å². The van der Waals surface area contributed by atoms with Gasteiger partial charge in [-0.1, -0.05) is 0 Å². The number of aliphatic hydroxyl groups excluding tert-OH is 1. The van der Waals surface area contributed by atoms with E-state index in [-0.39, 0.29) is 25.3 Å². The van der Waals surface area contributed by atoms with Crippen LogP contribution in [0.15, 0.2) is 12.4 Å². The molecule has 0 radical (unpaired) electrons. The first-order valence-electron chi connectivity index (χ1n) is 4.89. The van der Waals surface area contributed by atoms with E-state index in [1.807, 2.05) is 6.92 Å². The maximum atomic E-state index is 11.4. The van der Waals surface area contributed by atoms with Crippen LogP contribution in [0, 0.1) is 6.92 Å². The fraction of sp³-hybridized carbons (Fsp3) is 0.556. The predicted molar refractivity (Wildman–Crippen MR) is 59.1 cm³/mol. The maximum Gasteiger partial charge on any atom is 0.212 e. The van der Waals surface area contributed by atoms with Gasteiger partial charge in [-0.15, -0.1) is 0 Å². The molecule has 2 N–H and O–H groups in total. The Morgan fingerprint density at radius 3 is 2.69 bits per heavy atom. The predicted octanol–water partition coefficient (Wildman–Crippen LogP) is -0.413. The molecule has 1 heterocycles. The standard InChI is InChI=1S/C9H15N3O3S/c1-8-5-11-9(6-10-8)7-12-16(14,15)4-2-3-13/h5-6,12-13H,2-4,7H2,1H3. The van der Waals surface area contributed by atoms with E-state index >= 15 is 0 Å². The minimum absolute atomic E-state index is 0.0806. The highest BCUT2D eigenvalue weighted by Crippen LogP contribution is 1.96. The van der Waals surface area contributed by atoms with Gasteiger partial charge in [0.15, 0.2) is 0 Å². The molecule has 0 fully saturated rings. The summed E-state index contributed by atoms with van der Waals surface area (Å²) in [5, 5.41) is 8.53. The molecule has 1 aromatic heterocycles. The molecule has 0 aliphatic carbocycles. The average Bonchev–Trinajstić information content (AvgIpc) is 2.26. The lowest BCUT2D eigenvalue weighted by Crippen LogP contribution is -2.26. The second-order valence-corrected chi connectivity index (χ2v) is 5.29. The molecule has 1 aromatic rings. The number of aryl methyl sites for hydroxylation is 1. The normalized spacial score (nSPS) is 11.6. The van der Waals surface area contributed by atoms with Crippen LogP contribution in [0.2, 0.25) is 0 Å². The molecule has 7 heteroatoms. The Hall–Kier alpha value is -1.05. The Kier molecular flexibility index (Phi) is 4.78. The Morgan fingerprint density at radius 2 is 2.12 bits per heavy atom. The second kappa shape index (κ2) is 5.88. The highest BCUT2D eigenvalue weighted by Gasteiger charge is 2.09. The highest BCUT2D eigenvalue weighted by atomic mass is 32.2. The van der Waals surface area contributed by atoms with Crippen molar-refractivity contribution in [2.45, 2.75) is 19.9 Å². The molecule has 6 nitrogen and oxygen atoms in total. The monoisotopic (exact) mass is 245 g/mol. The molecule has 0 aliphatic heterocycles. The Bertz CT molecular complexity index is 416. The van der Waals surface area contributed by atoms with Crippen LogP contribution in [0.4, 0.5) is 0 Å². The quantitative estimate of drug-likeness (QED) is 0.710. The maximum absolute atomic E-state index is 11.4. The number of aromatic nitrogens is 2. The van der Waals surface area contributed by atoms with Crippen molar-refractivity contribution in [1.29, 1.82) is 0 Å². The number of hydrogen-bond donors (Lipinski definition) is 2. The molecule has 0 aromatic carbocycles. The van der Waals surface area contributed by atoms with Gasteiger partial charge < -0.3 is 5.11 Å². The molecular formula is C9H15N3O3S. The van der Waals surface area contributed by atoms with E-state index in [4.69, 9.17) is 5.11 Å². The van der Waals surface area contributed by atoms with Gasteiger partial charge in [0.2, 0.25) is 10.0 Å². The smallest absolute Gasteiger partial charge is 0.212 e. The fourth-order valence-electron chi connectivity index (χ4n) is 1.02. The highest BCUT2D eigenvalue weighted by molar-refractivity contribution is 7.89. The van der Waals surface area contributed by atoms with E-state index in [0.717, 1.165) is 5.69 Å². The lowest BCUT2D eigenvalue weighted by molar-refractivity contribution is 0.295. The molecule has 90 valence electrons. The molecule has 0 amide bonds. The van der Waals surface area contributed by atoms with Crippen LogP contribution < -0.4 is 4.72 Å². The Morgan fingerprint density at radius 1 is 1.38 bits per heavy atom. The number of aliphatic hydroxyl groups is 1. The fourth-order valence-corrected chi connectivity index (χ4v) is 2.04. The number of hydrogen-bond acceptors (Lipinski definition) is 5. The van der Waals surface area contributed by atoms with Crippen LogP contribution in [-0.4, -0.2) is 35.9 Å². The first-order chi connectivity index (χ1) is 7.53. The van der Waals surface area contributed by atoms with Gasteiger partial charge in [0.25, 0.3) is 0 Å². The second-order valence-electron chi connectivity index (χ2n) is 3.37. The third-order valence-electron chi connectivity index (χ3n) is 1.88. The lowest BCUT2D eigenvalue weighted by atomic mass is 10.4. The minimum Gasteiger partial charge on any atom is -0.396 e. The van der Waals surface area contributed by atoms with E-state index in [0.29, 0.717) is 5.69 Å². The van der Waals surface area contributed by atoms with Crippen LogP contribution >= 0.6 is 0 Å². The van der Waals surface area contributed by atoms with Gasteiger partial charge in [-0.3, -0.25) is 9.97 Å². The van der Waals surface area contributed by atoms with Gasteiger partial charge in [-0.05, 0) is 13.3 Å². The zero-order valence-corrected chi connectivity index (χ0v) is 9.87. The van der Waals surface area contributed by atoms with E-state index in [1.165, 1.54) is 6.20 Å². The van der Waals surface area contributed by atoms with E-state index in [1.54, 1.807) is 6.20 Å². The van der Waals surface area contributed by atoms with Gasteiger partial charge in [0, 0.05) is 12.8 Å². The van der Waals surface area contributed by atoms with Crippen molar-refractivity contribution in [3.8, 4) is 0 Å². The summed E-state index contributed by atoms with van der Waals surface area (Å²) in [5.41, 5.74) is 1.35. The summed E-state index contributed by atoms with van der Waals surface area (Å²) in [5.74, 6) is -0.0806. The molecule has 0 spiro atoms. The van der Waals surface area contributed by atoms with E-state index in [2.05, 4.69) is 14.7 Å². The zero-order chi connectivity index (χ0) is 12.0.